The highest BCUT2D eigenvalue weighted by atomic mass is 79.9. The number of nitrogens with zero attached hydrogens (tertiary/aromatic N) is 2. The Morgan fingerprint density at radius 3 is 2.81 bits per heavy atom. The Hall–Kier alpha value is -1.46. The molecule has 0 aliphatic heterocycles. The molecule has 1 amide bonds. The van der Waals surface area contributed by atoms with Crippen LogP contribution in [-0.2, 0) is 7.05 Å². The average molecular weight is 372 g/mol. The van der Waals surface area contributed by atoms with E-state index >= 15 is 0 Å². The lowest BCUT2D eigenvalue weighted by Gasteiger charge is -2.17. The van der Waals surface area contributed by atoms with Crippen LogP contribution >= 0.6 is 27.5 Å². The smallest absolute Gasteiger partial charge is 0.270 e. The molecule has 0 aliphatic rings. The van der Waals surface area contributed by atoms with Crippen LogP contribution in [0.1, 0.15) is 10.5 Å². The lowest BCUT2D eigenvalue weighted by molar-refractivity contribution is 0.0764. The first-order chi connectivity index (χ1) is 9.97. The zero-order valence-electron chi connectivity index (χ0n) is 11.8. The highest BCUT2D eigenvalue weighted by Gasteiger charge is 2.15. The maximum Gasteiger partial charge on any atom is 0.270 e. The summed E-state index contributed by atoms with van der Waals surface area (Å²) in [5.41, 5.74) is 0.632. The summed E-state index contributed by atoms with van der Waals surface area (Å²) in [6.45, 7) is 0.905. The maximum absolute atomic E-state index is 12.3. The van der Waals surface area contributed by atoms with E-state index < -0.39 is 0 Å². The molecule has 0 atom stereocenters. The van der Waals surface area contributed by atoms with Gasteiger partial charge in [-0.2, -0.15) is 0 Å². The molecular formula is C15H16BrClN2O2. The summed E-state index contributed by atoms with van der Waals surface area (Å²) in [4.78, 5) is 13.9. The van der Waals surface area contributed by atoms with Crippen molar-refractivity contribution in [3.05, 3.63) is 51.7 Å². The zero-order chi connectivity index (χ0) is 15.4. The van der Waals surface area contributed by atoms with Crippen molar-refractivity contribution in [2.75, 3.05) is 20.2 Å². The summed E-state index contributed by atoms with van der Waals surface area (Å²) in [7, 11) is 3.60. The second kappa shape index (κ2) is 7.00. The van der Waals surface area contributed by atoms with Gasteiger partial charge in [0.05, 0.1) is 6.54 Å². The number of benzene rings is 1. The van der Waals surface area contributed by atoms with Crippen molar-refractivity contribution in [3.63, 3.8) is 0 Å². The quantitative estimate of drug-likeness (QED) is 0.805. The van der Waals surface area contributed by atoms with Crippen LogP contribution in [0, 0.1) is 0 Å². The number of ether oxygens (including phenoxy) is 1. The van der Waals surface area contributed by atoms with Crippen molar-refractivity contribution in [1.29, 1.82) is 0 Å². The minimum atomic E-state index is -0.0436. The van der Waals surface area contributed by atoms with Crippen molar-refractivity contribution in [2.45, 2.75) is 0 Å². The number of amides is 1. The van der Waals surface area contributed by atoms with Crippen molar-refractivity contribution in [2.24, 2.45) is 7.05 Å². The fourth-order valence-corrected chi connectivity index (χ4v) is 2.60. The molecule has 0 fully saturated rings. The second-order valence-electron chi connectivity index (χ2n) is 4.69. The standard InChI is InChI=1S/C15H16BrClN2O2/c1-18(15(20)14-8-11(16)10-19(14)2)6-7-21-13-5-3-4-12(17)9-13/h3-5,8-10H,6-7H2,1-2H3. The number of aryl methyl sites for hydroxylation is 1. The minimum Gasteiger partial charge on any atom is -0.492 e. The largest absolute Gasteiger partial charge is 0.492 e. The summed E-state index contributed by atoms with van der Waals surface area (Å²) < 4.78 is 8.26. The molecular weight excluding hydrogens is 356 g/mol. The molecule has 112 valence electrons. The summed E-state index contributed by atoms with van der Waals surface area (Å²) in [5, 5.41) is 0.630. The van der Waals surface area contributed by atoms with E-state index in [1.54, 1.807) is 34.7 Å². The van der Waals surface area contributed by atoms with E-state index in [-0.39, 0.29) is 5.91 Å². The van der Waals surface area contributed by atoms with Crippen LogP contribution < -0.4 is 4.74 Å². The summed E-state index contributed by atoms with van der Waals surface area (Å²) in [5.74, 6) is 0.655. The Morgan fingerprint density at radius 2 is 2.19 bits per heavy atom. The SMILES string of the molecule is CN(CCOc1cccc(Cl)c1)C(=O)c1cc(Br)cn1C. The van der Waals surface area contributed by atoms with Gasteiger partial charge in [0.15, 0.2) is 0 Å². The van der Waals surface area contributed by atoms with Crippen LogP contribution in [-0.4, -0.2) is 35.6 Å². The average Bonchev–Trinajstić information content (AvgIpc) is 2.77. The van der Waals surface area contributed by atoms with Crippen molar-refractivity contribution in [1.82, 2.24) is 9.47 Å². The highest BCUT2D eigenvalue weighted by Crippen LogP contribution is 2.17. The van der Waals surface area contributed by atoms with Gasteiger partial charge in [0, 0.05) is 29.8 Å². The van der Waals surface area contributed by atoms with Gasteiger partial charge >= 0.3 is 0 Å². The molecule has 0 aliphatic carbocycles. The summed E-state index contributed by atoms with van der Waals surface area (Å²) >= 11 is 9.25. The van der Waals surface area contributed by atoms with Crippen LogP contribution in [0.3, 0.4) is 0 Å². The number of carbonyl (C=O) groups excluding carboxylic acids is 1. The van der Waals surface area contributed by atoms with Gasteiger partial charge in [-0.15, -0.1) is 0 Å². The van der Waals surface area contributed by atoms with Gasteiger partial charge in [-0.1, -0.05) is 17.7 Å². The monoisotopic (exact) mass is 370 g/mol. The number of aromatic nitrogens is 1. The molecule has 0 saturated carbocycles. The molecule has 21 heavy (non-hydrogen) atoms. The first kappa shape index (κ1) is 15.9. The first-order valence-electron chi connectivity index (χ1n) is 6.43. The van der Waals surface area contributed by atoms with Gasteiger partial charge in [0.2, 0.25) is 0 Å². The number of hydrogen-bond acceptors (Lipinski definition) is 2. The topological polar surface area (TPSA) is 34.5 Å². The molecule has 1 aromatic heterocycles. The van der Waals surface area contributed by atoms with Crippen LogP contribution in [0.5, 0.6) is 5.75 Å². The van der Waals surface area contributed by atoms with Crippen LogP contribution in [0.25, 0.3) is 0 Å². The lowest BCUT2D eigenvalue weighted by atomic mass is 10.3. The van der Waals surface area contributed by atoms with Crippen molar-refractivity contribution >= 4 is 33.4 Å². The lowest BCUT2D eigenvalue weighted by Crippen LogP contribution is -2.32. The molecule has 4 nitrogen and oxygen atoms in total. The molecule has 6 heteroatoms. The first-order valence-corrected chi connectivity index (χ1v) is 7.60. The minimum absolute atomic E-state index is 0.0436. The Labute approximate surface area is 137 Å². The molecule has 2 rings (SSSR count). The third kappa shape index (κ3) is 4.25. The normalized spacial score (nSPS) is 10.5. The molecule has 0 N–H and O–H groups in total. The van der Waals surface area contributed by atoms with E-state index in [1.807, 2.05) is 25.4 Å². The number of rotatable bonds is 5. The molecule has 0 unspecified atom stereocenters. The number of hydrogen-bond donors (Lipinski definition) is 0. The molecule has 0 radical (unpaired) electrons. The highest BCUT2D eigenvalue weighted by molar-refractivity contribution is 9.10. The van der Waals surface area contributed by atoms with E-state index in [0.29, 0.717) is 29.6 Å². The Morgan fingerprint density at radius 1 is 1.43 bits per heavy atom. The van der Waals surface area contributed by atoms with Crippen LogP contribution in [0.4, 0.5) is 0 Å². The van der Waals surface area contributed by atoms with Gasteiger partial charge in [-0.25, -0.2) is 0 Å². The Kier molecular flexibility index (Phi) is 5.31. The fourth-order valence-electron chi connectivity index (χ4n) is 1.89. The third-order valence-corrected chi connectivity index (χ3v) is 3.70. The molecule has 2 aromatic rings. The molecule has 1 aromatic carbocycles. The summed E-state index contributed by atoms with van der Waals surface area (Å²) in [6, 6.07) is 9.00. The predicted molar refractivity (Wildman–Crippen MR) is 87.0 cm³/mol. The van der Waals surface area contributed by atoms with E-state index in [2.05, 4.69) is 15.9 Å². The number of likely N-dealkylation sites (N-methyl/N-ethyl adjacent to an activating group) is 1. The van der Waals surface area contributed by atoms with Gasteiger partial charge < -0.3 is 14.2 Å². The van der Waals surface area contributed by atoms with Gasteiger partial charge in [0.1, 0.15) is 18.1 Å². The molecule has 0 bridgehead atoms. The van der Waals surface area contributed by atoms with Crippen LogP contribution in [0.15, 0.2) is 41.0 Å². The number of carbonyl (C=O) groups is 1. The van der Waals surface area contributed by atoms with E-state index in [9.17, 15) is 4.79 Å². The second-order valence-corrected chi connectivity index (χ2v) is 6.04. The van der Waals surface area contributed by atoms with Crippen molar-refractivity contribution in [3.8, 4) is 5.75 Å². The number of halogens is 2. The predicted octanol–water partition coefficient (Wildman–Crippen LogP) is 3.59. The van der Waals surface area contributed by atoms with Gasteiger partial charge in [-0.05, 0) is 40.2 Å². The van der Waals surface area contributed by atoms with Crippen molar-refractivity contribution < 1.29 is 9.53 Å². The summed E-state index contributed by atoms with van der Waals surface area (Å²) in [6.07, 6.45) is 1.85. The Bertz CT molecular complexity index is 642. The van der Waals surface area contributed by atoms with E-state index in [4.69, 9.17) is 16.3 Å². The fraction of sp³-hybridized carbons (Fsp3) is 0.267. The zero-order valence-corrected chi connectivity index (χ0v) is 14.2. The molecule has 0 spiro atoms. The van der Waals surface area contributed by atoms with Crippen LogP contribution in [0.2, 0.25) is 5.02 Å². The third-order valence-electron chi connectivity index (χ3n) is 3.03. The molecule has 0 saturated heterocycles. The van der Waals surface area contributed by atoms with Gasteiger partial charge in [-0.3, -0.25) is 4.79 Å². The maximum atomic E-state index is 12.3. The Balaban J connectivity index is 1.88. The van der Waals surface area contributed by atoms with Gasteiger partial charge in [0.25, 0.3) is 5.91 Å². The van der Waals surface area contributed by atoms with E-state index in [1.165, 1.54) is 0 Å². The van der Waals surface area contributed by atoms with E-state index in [0.717, 1.165) is 4.47 Å². The molecule has 1 heterocycles.